The molecule has 2 unspecified atom stereocenters. The predicted molar refractivity (Wildman–Crippen MR) is 247 cm³/mol. The molecular formula is C50H64N12. The lowest BCUT2D eigenvalue weighted by atomic mass is 9.77. The molecule has 0 aromatic carbocycles. The van der Waals surface area contributed by atoms with Crippen LogP contribution >= 0.6 is 0 Å². The molecule has 4 aliphatic heterocycles. The Hall–Kier alpha value is -4.88. The fourth-order valence-corrected chi connectivity index (χ4v) is 11.8. The number of hydrogen-bond donors (Lipinski definition) is 0. The van der Waals surface area contributed by atoms with Crippen LogP contribution in [0.15, 0.2) is 85.5 Å². The first-order valence-corrected chi connectivity index (χ1v) is 23.7. The average molecular weight is 833 g/mol. The van der Waals surface area contributed by atoms with Crippen molar-refractivity contribution in [3.8, 4) is 0 Å². The lowest BCUT2D eigenvalue weighted by Crippen LogP contribution is -2.45. The summed E-state index contributed by atoms with van der Waals surface area (Å²) in [6.45, 7) is 12.8. The van der Waals surface area contributed by atoms with E-state index in [1.165, 1.54) is 96.9 Å². The van der Waals surface area contributed by atoms with Crippen LogP contribution in [-0.2, 0) is 25.9 Å². The standard InChI is InChI=1S/2C25H32N6/c2*1-28-13-15-29(16-14-28)23-8-2-7-22-27-21(18-31(22)23)17-30-12-4-6-20-10-9-19-5-3-11-26-24(19)25(20)30/h2*2-3,5,7-8,11,18,20,25H,4,6,9-10,12-17H2,1H3/t20-,25+;/m1./s1. The number of likely N-dealkylation sites (N-methyl/N-ethyl adjacent to an activating group) is 2. The first-order chi connectivity index (χ1) is 30.5. The van der Waals surface area contributed by atoms with Gasteiger partial charge in [0.2, 0.25) is 0 Å². The van der Waals surface area contributed by atoms with Crippen LogP contribution in [0.1, 0.15) is 84.5 Å². The van der Waals surface area contributed by atoms with Crippen molar-refractivity contribution in [1.82, 2.24) is 48.3 Å². The monoisotopic (exact) mass is 833 g/mol. The third-order valence-corrected chi connectivity index (χ3v) is 15.1. The Kier molecular flexibility index (Phi) is 11.2. The molecule has 6 aromatic rings. The Morgan fingerprint density at radius 1 is 0.500 bits per heavy atom. The number of pyridine rings is 4. The number of piperidine rings is 2. The van der Waals surface area contributed by atoms with Gasteiger partial charge in [-0.1, -0.05) is 24.3 Å². The van der Waals surface area contributed by atoms with Gasteiger partial charge < -0.3 is 19.6 Å². The van der Waals surface area contributed by atoms with Crippen LogP contribution in [0.2, 0.25) is 0 Å². The summed E-state index contributed by atoms with van der Waals surface area (Å²) in [7, 11) is 4.41. The zero-order chi connectivity index (χ0) is 41.6. The highest BCUT2D eigenvalue weighted by molar-refractivity contribution is 5.54. The van der Waals surface area contributed by atoms with Crippen LogP contribution in [0.25, 0.3) is 11.3 Å². The number of nitrogens with zero attached hydrogens (tertiary/aromatic N) is 12. The van der Waals surface area contributed by atoms with Crippen LogP contribution in [-0.4, -0.2) is 128 Å². The summed E-state index contributed by atoms with van der Waals surface area (Å²) < 4.78 is 4.60. The minimum absolute atomic E-state index is 0.445. The van der Waals surface area contributed by atoms with E-state index in [2.05, 4.69) is 125 Å². The van der Waals surface area contributed by atoms with E-state index in [4.69, 9.17) is 19.9 Å². The SMILES string of the molecule is CN1CCN(c2cccc3nc(CN4CCCC5CCc6cccnc6C54)cn23)CC1.CN1CCN(c2cccc3nc(CN4CCC[C@@H]5CCc6cccnc6[C@H]54)cn23)CC1. The van der Waals surface area contributed by atoms with Crippen molar-refractivity contribution in [2.75, 3.05) is 89.3 Å². The Morgan fingerprint density at radius 3 is 1.40 bits per heavy atom. The smallest absolute Gasteiger partial charge is 0.138 e. The van der Waals surface area contributed by atoms with Crippen molar-refractivity contribution in [1.29, 1.82) is 0 Å². The Balaban J connectivity index is 0.000000139. The summed E-state index contributed by atoms with van der Waals surface area (Å²) in [6, 6.07) is 22.7. The molecule has 2 aliphatic carbocycles. The molecule has 4 saturated heterocycles. The lowest BCUT2D eigenvalue weighted by molar-refractivity contribution is 0.0686. The quantitative estimate of drug-likeness (QED) is 0.180. The van der Waals surface area contributed by atoms with E-state index in [0.717, 1.165) is 102 Å². The average Bonchev–Trinajstić information content (AvgIpc) is 3.93. The molecule has 6 aliphatic rings. The molecule has 4 fully saturated rings. The lowest BCUT2D eigenvalue weighted by Gasteiger charge is -2.44. The molecule has 0 N–H and O–H groups in total. The molecular weight excluding hydrogens is 769 g/mol. The van der Waals surface area contributed by atoms with Crippen LogP contribution in [0.4, 0.5) is 11.6 Å². The molecule has 6 aromatic heterocycles. The maximum atomic E-state index is 5.03. The normalized spacial score (nSPS) is 24.9. The second-order valence-corrected chi connectivity index (χ2v) is 19.1. The third kappa shape index (κ3) is 7.88. The highest BCUT2D eigenvalue weighted by Gasteiger charge is 2.39. The molecule has 324 valence electrons. The van der Waals surface area contributed by atoms with Crippen molar-refractivity contribution < 1.29 is 0 Å². The summed E-state index contributed by atoms with van der Waals surface area (Å²) in [5.41, 5.74) is 9.99. The van der Waals surface area contributed by atoms with Crippen molar-refractivity contribution in [2.45, 2.75) is 76.5 Å². The Morgan fingerprint density at radius 2 is 0.952 bits per heavy atom. The zero-order valence-corrected chi connectivity index (χ0v) is 36.9. The topological polar surface area (TPSA) is 79.8 Å². The van der Waals surface area contributed by atoms with Crippen LogP contribution < -0.4 is 9.80 Å². The van der Waals surface area contributed by atoms with Crippen LogP contribution in [0, 0.1) is 11.8 Å². The van der Waals surface area contributed by atoms with E-state index in [9.17, 15) is 0 Å². The number of piperazine rings is 2. The molecule has 0 radical (unpaired) electrons. The zero-order valence-electron chi connectivity index (χ0n) is 36.9. The minimum atomic E-state index is 0.445. The Bertz CT molecular complexity index is 2310. The first-order valence-electron chi connectivity index (χ1n) is 23.7. The van der Waals surface area contributed by atoms with Gasteiger partial charge in [-0.15, -0.1) is 0 Å². The van der Waals surface area contributed by atoms with Crippen molar-refractivity contribution >= 4 is 22.9 Å². The van der Waals surface area contributed by atoms with Gasteiger partial charge in [-0.25, -0.2) is 9.97 Å². The molecule has 0 bridgehead atoms. The van der Waals surface area contributed by atoms with Gasteiger partial charge in [0.1, 0.15) is 22.9 Å². The molecule has 4 atom stereocenters. The predicted octanol–water partition coefficient (Wildman–Crippen LogP) is 6.76. The Labute approximate surface area is 367 Å². The molecule has 62 heavy (non-hydrogen) atoms. The van der Waals surface area contributed by atoms with Gasteiger partial charge in [-0.2, -0.15) is 0 Å². The maximum Gasteiger partial charge on any atom is 0.138 e. The van der Waals surface area contributed by atoms with E-state index in [1.54, 1.807) is 0 Å². The number of fused-ring (bicyclic) bond motifs is 8. The second-order valence-electron chi connectivity index (χ2n) is 19.1. The minimum Gasteiger partial charge on any atom is -0.355 e. The highest BCUT2D eigenvalue weighted by Crippen LogP contribution is 2.45. The van der Waals surface area contributed by atoms with E-state index >= 15 is 0 Å². The number of rotatable bonds is 6. The van der Waals surface area contributed by atoms with Crippen LogP contribution in [0.5, 0.6) is 0 Å². The van der Waals surface area contributed by atoms with Crippen molar-refractivity contribution in [2.24, 2.45) is 11.8 Å². The van der Waals surface area contributed by atoms with Gasteiger partial charge in [0.25, 0.3) is 0 Å². The number of aryl methyl sites for hydroxylation is 2. The third-order valence-electron chi connectivity index (χ3n) is 15.1. The fourth-order valence-electron chi connectivity index (χ4n) is 11.8. The van der Waals surface area contributed by atoms with Crippen LogP contribution in [0.3, 0.4) is 0 Å². The van der Waals surface area contributed by atoms with Gasteiger partial charge >= 0.3 is 0 Å². The number of likely N-dealkylation sites (tertiary alicyclic amines) is 2. The van der Waals surface area contributed by atoms with E-state index in [-0.39, 0.29) is 0 Å². The van der Waals surface area contributed by atoms with Crippen molar-refractivity contribution in [3.63, 3.8) is 0 Å². The van der Waals surface area contributed by atoms with Gasteiger partial charge in [0, 0.05) is 90.2 Å². The number of hydrogen-bond acceptors (Lipinski definition) is 10. The maximum absolute atomic E-state index is 5.03. The molecule has 12 heteroatoms. The first kappa shape index (κ1) is 39.9. The summed E-state index contributed by atoms with van der Waals surface area (Å²) >= 11 is 0. The number of aromatic nitrogens is 6. The summed E-state index contributed by atoms with van der Waals surface area (Å²) in [4.78, 5) is 34.8. The number of anilines is 2. The summed E-state index contributed by atoms with van der Waals surface area (Å²) in [5, 5.41) is 0. The van der Waals surface area contributed by atoms with Gasteiger partial charge in [0.05, 0.1) is 34.9 Å². The van der Waals surface area contributed by atoms with Gasteiger partial charge in [-0.05, 0) is 138 Å². The summed E-state index contributed by atoms with van der Waals surface area (Å²) in [5.74, 6) is 4.00. The van der Waals surface area contributed by atoms with Gasteiger partial charge in [-0.3, -0.25) is 28.6 Å². The summed E-state index contributed by atoms with van der Waals surface area (Å²) in [6.07, 6.45) is 18.7. The molecule has 12 nitrogen and oxygen atoms in total. The number of imidazole rings is 2. The van der Waals surface area contributed by atoms with E-state index in [1.807, 2.05) is 12.4 Å². The second kappa shape index (κ2) is 17.4. The molecule has 12 rings (SSSR count). The van der Waals surface area contributed by atoms with Gasteiger partial charge in [0.15, 0.2) is 0 Å². The molecule has 10 heterocycles. The molecule has 0 saturated carbocycles. The molecule has 0 amide bonds. The molecule has 0 spiro atoms. The largest absolute Gasteiger partial charge is 0.355 e. The van der Waals surface area contributed by atoms with E-state index in [0.29, 0.717) is 12.1 Å². The fraction of sp³-hybridized carbons (Fsp3) is 0.520. The van der Waals surface area contributed by atoms with E-state index < -0.39 is 0 Å². The highest BCUT2D eigenvalue weighted by atomic mass is 15.3. The van der Waals surface area contributed by atoms with Crippen molar-refractivity contribution in [3.05, 3.63) is 119 Å².